The minimum atomic E-state index is -0.497. The summed E-state index contributed by atoms with van der Waals surface area (Å²) in [6.07, 6.45) is 1.61. The lowest BCUT2D eigenvalue weighted by Crippen LogP contribution is -2.46. The maximum atomic E-state index is 12.9. The fraction of sp³-hybridized carbons (Fsp3) is 0.261. The summed E-state index contributed by atoms with van der Waals surface area (Å²) in [6, 6.07) is 12.8. The van der Waals surface area contributed by atoms with Crippen LogP contribution in [0.1, 0.15) is 11.1 Å². The number of hydrogen-bond donors (Lipinski definition) is 0. The molecule has 0 aromatic heterocycles. The molecular formula is C23H20BrClN2O5S. The predicted octanol–water partition coefficient (Wildman–Crippen LogP) is 4.58. The van der Waals surface area contributed by atoms with Crippen LogP contribution in [0.2, 0.25) is 5.02 Å². The number of imide groups is 1. The predicted molar refractivity (Wildman–Crippen MR) is 130 cm³/mol. The molecule has 3 amide bonds. The Hall–Kier alpha value is -2.33. The highest BCUT2D eigenvalue weighted by atomic mass is 79.9. The molecule has 2 aliphatic rings. The molecule has 0 radical (unpaired) electrons. The smallest absolute Gasteiger partial charge is 0.294 e. The lowest BCUT2D eigenvalue weighted by atomic mass is 10.1. The SMILES string of the molecule is O=C(CN1C(=O)S/C(=C/c2cc(Br)ccc2OCc2ccccc2Cl)C1=O)N1CCOCC1. The van der Waals surface area contributed by atoms with Crippen molar-refractivity contribution in [2.75, 3.05) is 32.8 Å². The van der Waals surface area contributed by atoms with Crippen LogP contribution in [0.15, 0.2) is 51.8 Å². The van der Waals surface area contributed by atoms with Crippen molar-refractivity contribution in [1.82, 2.24) is 9.80 Å². The first-order valence-electron chi connectivity index (χ1n) is 10.2. The third-order valence-corrected chi connectivity index (χ3v) is 6.90. The number of hydrogen-bond acceptors (Lipinski definition) is 6. The van der Waals surface area contributed by atoms with Crippen LogP contribution >= 0.6 is 39.3 Å². The van der Waals surface area contributed by atoms with E-state index in [1.807, 2.05) is 24.3 Å². The lowest BCUT2D eigenvalue weighted by molar-refractivity contribution is -0.139. The fourth-order valence-electron chi connectivity index (χ4n) is 3.36. The molecule has 172 valence electrons. The number of nitrogens with zero attached hydrogens (tertiary/aromatic N) is 2. The first-order chi connectivity index (χ1) is 15.9. The van der Waals surface area contributed by atoms with Crippen LogP contribution in [0.4, 0.5) is 4.79 Å². The topological polar surface area (TPSA) is 76.2 Å². The van der Waals surface area contributed by atoms with E-state index in [0.29, 0.717) is 42.6 Å². The van der Waals surface area contributed by atoms with Gasteiger partial charge in [-0.1, -0.05) is 45.7 Å². The summed E-state index contributed by atoms with van der Waals surface area (Å²) < 4.78 is 12.0. The zero-order chi connectivity index (χ0) is 23.4. The highest BCUT2D eigenvalue weighted by Crippen LogP contribution is 2.35. The summed E-state index contributed by atoms with van der Waals surface area (Å²) in [6.45, 7) is 1.78. The maximum absolute atomic E-state index is 12.9. The number of ether oxygens (including phenoxy) is 2. The van der Waals surface area contributed by atoms with Crippen molar-refractivity contribution in [1.29, 1.82) is 0 Å². The Kier molecular flexibility index (Phi) is 7.75. The highest BCUT2D eigenvalue weighted by molar-refractivity contribution is 9.10. The van der Waals surface area contributed by atoms with E-state index in [9.17, 15) is 14.4 Å². The first-order valence-corrected chi connectivity index (χ1v) is 12.2. The fourth-order valence-corrected chi connectivity index (χ4v) is 4.76. The van der Waals surface area contributed by atoms with E-state index in [4.69, 9.17) is 21.1 Å². The molecule has 33 heavy (non-hydrogen) atoms. The molecular weight excluding hydrogens is 532 g/mol. The number of halogens is 2. The zero-order valence-corrected chi connectivity index (χ0v) is 20.6. The molecule has 2 fully saturated rings. The van der Waals surface area contributed by atoms with Crippen molar-refractivity contribution >= 4 is 62.4 Å². The van der Waals surface area contributed by atoms with Crippen LogP contribution < -0.4 is 4.74 Å². The second-order valence-corrected chi connectivity index (χ2v) is 9.64. The molecule has 10 heteroatoms. The van der Waals surface area contributed by atoms with Crippen LogP contribution in [-0.2, 0) is 20.9 Å². The Bertz CT molecular complexity index is 1120. The number of amides is 3. The third kappa shape index (κ3) is 5.78. The van der Waals surface area contributed by atoms with E-state index in [-0.39, 0.29) is 24.0 Å². The van der Waals surface area contributed by atoms with E-state index < -0.39 is 11.1 Å². The molecule has 7 nitrogen and oxygen atoms in total. The molecule has 2 aromatic carbocycles. The minimum absolute atomic E-state index is 0.232. The van der Waals surface area contributed by atoms with Gasteiger partial charge < -0.3 is 14.4 Å². The van der Waals surface area contributed by atoms with Crippen LogP contribution in [0.3, 0.4) is 0 Å². The molecule has 0 atom stereocenters. The number of thioether (sulfide) groups is 1. The highest BCUT2D eigenvalue weighted by Gasteiger charge is 2.37. The molecule has 0 N–H and O–H groups in total. The second kappa shape index (κ2) is 10.7. The first kappa shape index (κ1) is 23.8. The van der Waals surface area contributed by atoms with Gasteiger partial charge in [0, 0.05) is 33.7 Å². The summed E-state index contributed by atoms with van der Waals surface area (Å²) in [5.41, 5.74) is 1.46. The quantitative estimate of drug-likeness (QED) is 0.490. The van der Waals surface area contributed by atoms with Crippen molar-refractivity contribution in [3.63, 3.8) is 0 Å². The molecule has 2 saturated heterocycles. The van der Waals surface area contributed by atoms with Gasteiger partial charge in [0.2, 0.25) is 5.91 Å². The Morgan fingerprint density at radius 2 is 1.94 bits per heavy atom. The minimum Gasteiger partial charge on any atom is -0.488 e. The number of morpholine rings is 1. The summed E-state index contributed by atoms with van der Waals surface area (Å²) >= 11 is 10.5. The standard InChI is InChI=1S/C23H20BrClN2O5S/c24-17-5-6-19(32-14-15-3-1-2-4-18(15)25)16(11-17)12-20-22(29)27(23(30)33-20)13-21(28)26-7-9-31-10-8-26/h1-6,11-12H,7-10,13-14H2/b20-12+. The van der Waals surface area contributed by atoms with Crippen molar-refractivity contribution in [2.45, 2.75) is 6.61 Å². The summed E-state index contributed by atoms with van der Waals surface area (Å²) in [5, 5.41) is 0.128. The molecule has 4 rings (SSSR count). The number of carbonyl (C=O) groups excluding carboxylic acids is 3. The van der Waals surface area contributed by atoms with Gasteiger partial charge in [-0.05, 0) is 42.1 Å². The van der Waals surface area contributed by atoms with Crippen molar-refractivity contribution < 1.29 is 23.9 Å². The van der Waals surface area contributed by atoms with Gasteiger partial charge in [0.1, 0.15) is 18.9 Å². The molecule has 0 saturated carbocycles. The van der Waals surface area contributed by atoms with Crippen molar-refractivity contribution in [3.8, 4) is 5.75 Å². The van der Waals surface area contributed by atoms with Gasteiger partial charge in [-0.15, -0.1) is 0 Å². The lowest BCUT2D eigenvalue weighted by Gasteiger charge is -2.28. The van der Waals surface area contributed by atoms with Crippen LogP contribution in [0.5, 0.6) is 5.75 Å². The van der Waals surface area contributed by atoms with E-state index in [1.165, 1.54) is 0 Å². The molecule has 0 spiro atoms. The van der Waals surface area contributed by atoms with Crippen molar-refractivity contribution in [3.05, 3.63) is 68.0 Å². The average Bonchev–Trinajstić information content (AvgIpc) is 3.07. The van der Waals surface area contributed by atoms with Gasteiger partial charge in [-0.3, -0.25) is 19.3 Å². The molecule has 0 aliphatic carbocycles. The second-order valence-electron chi connectivity index (χ2n) is 7.32. The molecule has 2 aliphatic heterocycles. The van der Waals surface area contributed by atoms with E-state index >= 15 is 0 Å². The van der Waals surface area contributed by atoms with Gasteiger partial charge in [0.15, 0.2) is 0 Å². The Balaban J connectivity index is 1.50. The Morgan fingerprint density at radius 1 is 1.18 bits per heavy atom. The molecule has 2 heterocycles. The number of carbonyl (C=O) groups is 3. The summed E-state index contributed by atoms with van der Waals surface area (Å²) in [7, 11) is 0. The Labute approximate surface area is 208 Å². The Morgan fingerprint density at radius 3 is 2.70 bits per heavy atom. The van der Waals surface area contributed by atoms with Crippen LogP contribution in [0, 0.1) is 0 Å². The molecule has 2 aromatic rings. The van der Waals surface area contributed by atoms with E-state index in [1.54, 1.807) is 29.2 Å². The van der Waals surface area contributed by atoms with Gasteiger partial charge in [0.25, 0.3) is 11.1 Å². The van der Waals surface area contributed by atoms with Gasteiger partial charge >= 0.3 is 0 Å². The monoisotopic (exact) mass is 550 g/mol. The van der Waals surface area contributed by atoms with Crippen LogP contribution in [-0.4, -0.2) is 59.7 Å². The van der Waals surface area contributed by atoms with Crippen LogP contribution in [0.25, 0.3) is 6.08 Å². The average molecular weight is 552 g/mol. The normalized spacial score (nSPS) is 17.7. The number of rotatable bonds is 6. The molecule has 0 bridgehead atoms. The third-order valence-electron chi connectivity index (χ3n) is 5.13. The largest absolute Gasteiger partial charge is 0.488 e. The van der Waals surface area contributed by atoms with Gasteiger partial charge in [-0.25, -0.2) is 0 Å². The summed E-state index contributed by atoms with van der Waals surface area (Å²) in [4.78, 5) is 40.7. The van der Waals surface area contributed by atoms with E-state index in [2.05, 4.69) is 15.9 Å². The molecule has 0 unspecified atom stereocenters. The summed E-state index contributed by atoms with van der Waals surface area (Å²) in [5.74, 6) is -0.231. The van der Waals surface area contributed by atoms with Crippen molar-refractivity contribution in [2.24, 2.45) is 0 Å². The maximum Gasteiger partial charge on any atom is 0.294 e. The number of benzene rings is 2. The van der Waals surface area contributed by atoms with Gasteiger partial charge in [0.05, 0.1) is 18.1 Å². The van der Waals surface area contributed by atoms with E-state index in [0.717, 1.165) is 26.7 Å². The zero-order valence-electron chi connectivity index (χ0n) is 17.5. The van der Waals surface area contributed by atoms with Gasteiger partial charge in [-0.2, -0.15) is 0 Å².